The lowest BCUT2D eigenvalue weighted by Crippen LogP contribution is -2.05. The van der Waals surface area contributed by atoms with E-state index in [1.807, 2.05) is 0 Å². The number of carbonyl (C=O) groups is 1. The van der Waals surface area contributed by atoms with Gasteiger partial charge in [-0.05, 0) is 44.9 Å². The predicted octanol–water partition coefficient (Wildman–Crippen LogP) is 12.4. The first-order valence-electron chi connectivity index (χ1n) is 16.9. The summed E-state index contributed by atoms with van der Waals surface area (Å²) in [7, 11) is 0. The number of rotatable bonds is 30. The Morgan fingerprint density at radius 2 is 0.895 bits per heavy atom. The smallest absolute Gasteiger partial charge is 0.305 e. The van der Waals surface area contributed by atoms with E-state index in [2.05, 4.69) is 50.3 Å². The fourth-order valence-corrected chi connectivity index (χ4v) is 4.80. The Labute approximate surface area is 239 Å². The summed E-state index contributed by atoms with van der Waals surface area (Å²) >= 11 is 0. The molecule has 0 fully saturated rings. The molecule has 38 heavy (non-hydrogen) atoms. The Balaban J connectivity index is 3.23. The lowest BCUT2D eigenvalue weighted by molar-refractivity contribution is -0.143. The molecular weight excluding hydrogens is 464 g/mol. The number of allylic oxidation sites excluding steroid dienone is 6. The summed E-state index contributed by atoms with van der Waals surface area (Å²) in [5, 5.41) is 0. The van der Waals surface area contributed by atoms with Crippen molar-refractivity contribution in [3.8, 4) is 0 Å². The molecule has 222 valence electrons. The second-order valence-electron chi connectivity index (χ2n) is 11.1. The Morgan fingerprint density at radius 3 is 1.42 bits per heavy atom. The predicted molar refractivity (Wildman–Crippen MR) is 170 cm³/mol. The van der Waals surface area contributed by atoms with Gasteiger partial charge in [0.05, 0.1) is 6.61 Å². The fraction of sp³-hybridized carbons (Fsp3) is 0.806. The molecule has 0 spiro atoms. The highest BCUT2D eigenvalue weighted by atomic mass is 16.5. The number of hydrogen-bond donors (Lipinski definition) is 0. The van der Waals surface area contributed by atoms with E-state index in [-0.39, 0.29) is 5.97 Å². The number of esters is 1. The summed E-state index contributed by atoms with van der Waals surface area (Å²) < 4.78 is 5.42. The van der Waals surface area contributed by atoms with Crippen molar-refractivity contribution >= 4 is 5.97 Å². The van der Waals surface area contributed by atoms with E-state index in [4.69, 9.17) is 4.74 Å². The molecule has 0 radical (unpaired) electrons. The van der Waals surface area contributed by atoms with E-state index in [1.54, 1.807) is 0 Å². The van der Waals surface area contributed by atoms with Crippen molar-refractivity contribution in [3.05, 3.63) is 36.5 Å². The molecule has 0 saturated carbocycles. The molecule has 0 amide bonds. The molecule has 0 aliphatic heterocycles. The normalized spacial score (nSPS) is 11.9. The highest BCUT2D eigenvalue weighted by molar-refractivity contribution is 5.69. The van der Waals surface area contributed by atoms with Crippen LogP contribution in [-0.4, -0.2) is 12.6 Å². The second kappa shape index (κ2) is 33.7. The van der Waals surface area contributed by atoms with Crippen molar-refractivity contribution in [2.24, 2.45) is 0 Å². The number of carbonyl (C=O) groups excluding carboxylic acids is 1. The molecule has 0 atom stereocenters. The summed E-state index contributed by atoms with van der Waals surface area (Å²) in [5.74, 6) is 0.0127. The van der Waals surface area contributed by atoms with Gasteiger partial charge in [-0.15, -0.1) is 0 Å². The SMILES string of the molecule is CC/C=C/C/C=C/C/C=C/CCCCCCCCOC(=O)CCCCCCCCCCCCCCCCC. The maximum Gasteiger partial charge on any atom is 0.305 e. The molecule has 0 aromatic rings. The number of hydrogen-bond acceptors (Lipinski definition) is 2. The highest BCUT2D eigenvalue weighted by Crippen LogP contribution is 2.14. The lowest BCUT2D eigenvalue weighted by atomic mass is 10.0. The zero-order valence-electron chi connectivity index (χ0n) is 25.9. The van der Waals surface area contributed by atoms with Crippen LogP contribution in [0.4, 0.5) is 0 Å². The minimum atomic E-state index is 0.0127. The quantitative estimate of drug-likeness (QED) is 0.0524. The van der Waals surface area contributed by atoms with E-state index in [0.717, 1.165) is 32.1 Å². The third kappa shape index (κ3) is 32.7. The summed E-state index contributed by atoms with van der Waals surface area (Å²) in [6, 6.07) is 0. The van der Waals surface area contributed by atoms with Crippen LogP contribution in [0.5, 0.6) is 0 Å². The van der Waals surface area contributed by atoms with E-state index in [0.29, 0.717) is 13.0 Å². The average Bonchev–Trinajstić information content (AvgIpc) is 2.92. The summed E-state index contributed by atoms with van der Waals surface area (Å²) in [6.45, 7) is 5.07. The zero-order chi connectivity index (χ0) is 27.6. The van der Waals surface area contributed by atoms with Gasteiger partial charge < -0.3 is 4.74 Å². The van der Waals surface area contributed by atoms with Gasteiger partial charge in [-0.1, -0.05) is 166 Å². The van der Waals surface area contributed by atoms with Crippen LogP contribution in [-0.2, 0) is 9.53 Å². The van der Waals surface area contributed by atoms with Gasteiger partial charge in [-0.2, -0.15) is 0 Å². The Bertz CT molecular complexity index is 546. The Morgan fingerprint density at radius 1 is 0.474 bits per heavy atom. The first-order chi connectivity index (χ1) is 18.8. The first kappa shape index (κ1) is 36.7. The minimum Gasteiger partial charge on any atom is -0.466 e. The molecule has 0 bridgehead atoms. The molecule has 2 nitrogen and oxygen atoms in total. The minimum absolute atomic E-state index is 0.0127. The highest BCUT2D eigenvalue weighted by Gasteiger charge is 2.02. The third-order valence-electron chi connectivity index (χ3n) is 7.29. The van der Waals surface area contributed by atoms with Gasteiger partial charge in [0, 0.05) is 6.42 Å². The molecule has 0 unspecified atom stereocenters. The molecule has 0 rings (SSSR count). The first-order valence-corrected chi connectivity index (χ1v) is 16.9. The van der Waals surface area contributed by atoms with Crippen LogP contribution < -0.4 is 0 Å². The number of ether oxygens (including phenoxy) is 1. The van der Waals surface area contributed by atoms with E-state index in [9.17, 15) is 4.79 Å². The van der Waals surface area contributed by atoms with Crippen LogP contribution in [0.25, 0.3) is 0 Å². The molecule has 0 aliphatic rings. The molecule has 2 heteroatoms. The van der Waals surface area contributed by atoms with Gasteiger partial charge in [-0.25, -0.2) is 0 Å². The molecular formula is C36H66O2. The van der Waals surface area contributed by atoms with Crippen LogP contribution in [0.15, 0.2) is 36.5 Å². The number of unbranched alkanes of at least 4 members (excludes halogenated alkanes) is 20. The van der Waals surface area contributed by atoms with Crippen molar-refractivity contribution in [2.75, 3.05) is 6.61 Å². The zero-order valence-corrected chi connectivity index (χ0v) is 25.9. The largest absolute Gasteiger partial charge is 0.466 e. The fourth-order valence-electron chi connectivity index (χ4n) is 4.80. The Kier molecular flexibility index (Phi) is 32.6. The molecule has 0 aliphatic carbocycles. The Hall–Kier alpha value is -1.31. The van der Waals surface area contributed by atoms with Gasteiger partial charge in [0.25, 0.3) is 0 Å². The van der Waals surface area contributed by atoms with Crippen molar-refractivity contribution in [1.82, 2.24) is 0 Å². The van der Waals surface area contributed by atoms with Crippen molar-refractivity contribution < 1.29 is 9.53 Å². The molecule has 0 saturated heterocycles. The van der Waals surface area contributed by atoms with Crippen LogP contribution in [0.2, 0.25) is 0 Å². The topological polar surface area (TPSA) is 26.3 Å². The third-order valence-corrected chi connectivity index (χ3v) is 7.29. The second-order valence-corrected chi connectivity index (χ2v) is 11.1. The maximum atomic E-state index is 11.9. The maximum absolute atomic E-state index is 11.9. The van der Waals surface area contributed by atoms with Crippen LogP contribution in [0.3, 0.4) is 0 Å². The van der Waals surface area contributed by atoms with Crippen molar-refractivity contribution in [3.63, 3.8) is 0 Å². The monoisotopic (exact) mass is 531 g/mol. The van der Waals surface area contributed by atoms with Crippen molar-refractivity contribution in [1.29, 1.82) is 0 Å². The van der Waals surface area contributed by atoms with Gasteiger partial charge in [0.2, 0.25) is 0 Å². The summed E-state index contributed by atoms with van der Waals surface area (Å²) in [4.78, 5) is 11.9. The van der Waals surface area contributed by atoms with Gasteiger partial charge in [0.15, 0.2) is 0 Å². The standard InChI is InChI=1S/C36H66O2/c1-3-5-7-9-11-13-15-17-19-21-23-25-27-29-31-33-35-38-36(37)34-32-30-28-26-24-22-20-18-16-14-12-10-8-6-4-2/h5,7,11,13,17,19H,3-4,6,8-10,12,14-16,18,20-35H2,1-2H3/b7-5+,13-11+,19-17+. The molecule has 0 N–H and O–H groups in total. The molecule has 0 heterocycles. The molecule has 0 aromatic heterocycles. The van der Waals surface area contributed by atoms with E-state index in [1.165, 1.54) is 128 Å². The van der Waals surface area contributed by atoms with Gasteiger partial charge >= 0.3 is 5.97 Å². The van der Waals surface area contributed by atoms with Crippen LogP contribution in [0, 0.1) is 0 Å². The van der Waals surface area contributed by atoms with Crippen molar-refractivity contribution in [2.45, 2.75) is 181 Å². The van der Waals surface area contributed by atoms with E-state index < -0.39 is 0 Å². The van der Waals surface area contributed by atoms with E-state index >= 15 is 0 Å². The summed E-state index contributed by atoms with van der Waals surface area (Å²) in [5.41, 5.74) is 0. The summed E-state index contributed by atoms with van der Waals surface area (Å²) in [6.07, 6.45) is 46.3. The molecule has 0 aromatic carbocycles. The lowest BCUT2D eigenvalue weighted by Gasteiger charge is -2.05. The van der Waals surface area contributed by atoms with Gasteiger partial charge in [-0.3, -0.25) is 4.79 Å². The van der Waals surface area contributed by atoms with Crippen LogP contribution >= 0.6 is 0 Å². The average molecular weight is 531 g/mol. The van der Waals surface area contributed by atoms with Gasteiger partial charge in [0.1, 0.15) is 0 Å². The van der Waals surface area contributed by atoms with Crippen LogP contribution in [0.1, 0.15) is 181 Å².